The molecular formula is C5H10O4P+. The van der Waals surface area contributed by atoms with E-state index in [2.05, 4.69) is 9.26 Å². The molecule has 1 unspecified atom stereocenters. The van der Waals surface area contributed by atoms with E-state index in [4.69, 9.17) is 0 Å². The van der Waals surface area contributed by atoms with Crippen molar-refractivity contribution in [1.29, 1.82) is 0 Å². The Labute approximate surface area is 60.4 Å². The summed E-state index contributed by atoms with van der Waals surface area (Å²) in [7, 11) is -0.294. The minimum absolute atomic E-state index is 0.158. The lowest BCUT2D eigenvalue weighted by Crippen LogP contribution is -2.03. The van der Waals surface area contributed by atoms with Crippen molar-refractivity contribution in [2.24, 2.45) is 0 Å². The first kappa shape index (κ1) is 9.53. The fraction of sp³-hybridized carbons (Fsp3) is 0.800. The van der Waals surface area contributed by atoms with E-state index in [1.54, 1.807) is 0 Å². The zero-order chi connectivity index (χ0) is 7.98. The molecule has 0 amide bonds. The summed E-state index contributed by atoms with van der Waals surface area (Å²) in [6.45, 7) is 1.60. The molecule has 1 atom stereocenters. The maximum atomic E-state index is 10.4. The lowest BCUT2D eigenvalue weighted by Gasteiger charge is -1.92. The normalized spacial score (nSPS) is 10.8. The van der Waals surface area contributed by atoms with Crippen LogP contribution in [-0.4, -0.2) is 26.4 Å². The molecule has 0 aliphatic heterocycles. The number of ether oxygens (including phenoxy) is 1. The van der Waals surface area contributed by atoms with Gasteiger partial charge in [0, 0.05) is 0 Å². The minimum Gasteiger partial charge on any atom is -0.469 e. The molecule has 0 aromatic carbocycles. The summed E-state index contributed by atoms with van der Waals surface area (Å²) in [5, 5.41) is 0. The first-order valence-corrected chi connectivity index (χ1v) is 4.40. The van der Waals surface area contributed by atoms with E-state index in [0.717, 1.165) is 0 Å². The average Bonchev–Trinajstić information content (AvgIpc) is 1.87. The molecule has 0 heterocycles. The Morgan fingerprint density at radius 3 is 2.60 bits per heavy atom. The minimum atomic E-state index is -1.59. The van der Waals surface area contributed by atoms with E-state index in [0.29, 0.717) is 0 Å². The summed E-state index contributed by atoms with van der Waals surface area (Å²) in [5.74, 6) is -0.350. The van der Waals surface area contributed by atoms with Gasteiger partial charge in [0.15, 0.2) is 6.66 Å². The van der Waals surface area contributed by atoms with Gasteiger partial charge >= 0.3 is 14.0 Å². The van der Waals surface area contributed by atoms with Gasteiger partial charge in [-0.05, 0) is 4.57 Å². The summed E-state index contributed by atoms with van der Waals surface area (Å²) in [4.78, 5) is 10.4. The second kappa shape index (κ2) is 5.33. The molecule has 58 valence electrons. The topological polar surface area (TPSA) is 52.6 Å². The maximum Gasteiger partial charge on any atom is 0.504 e. The monoisotopic (exact) mass is 165 g/mol. The van der Waals surface area contributed by atoms with Crippen LogP contribution in [0.3, 0.4) is 0 Å². The van der Waals surface area contributed by atoms with Gasteiger partial charge in [0.1, 0.15) is 6.61 Å². The molecule has 0 rings (SSSR count). The van der Waals surface area contributed by atoms with Gasteiger partial charge in [0.25, 0.3) is 0 Å². The molecule has 0 aromatic rings. The molecule has 0 N–H and O–H groups in total. The predicted octanol–water partition coefficient (Wildman–Crippen LogP) is 0.938. The second-order valence-corrected chi connectivity index (χ2v) is 2.74. The van der Waals surface area contributed by atoms with Gasteiger partial charge in [-0.1, -0.05) is 0 Å². The fourth-order valence-electron chi connectivity index (χ4n) is 0.360. The number of methoxy groups -OCH3 is 1. The van der Waals surface area contributed by atoms with Crippen LogP contribution in [0.15, 0.2) is 0 Å². The summed E-state index contributed by atoms with van der Waals surface area (Å²) >= 11 is 0. The molecule has 0 aliphatic rings. The quantitative estimate of drug-likeness (QED) is 0.459. The van der Waals surface area contributed by atoms with Crippen LogP contribution in [0.2, 0.25) is 0 Å². The molecule has 0 radical (unpaired) electrons. The first-order valence-electron chi connectivity index (χ1n) is 2.77. The number of carbonyl (C=O) groups is 1. The highest BCUT2D eigenvalue weighted by Gasteiger charge is 2.08. The zero-order valence-electron chi connectivity index (χ0n) is 5.99. The van der Waals surface area contributed by atoms with E-state index in [1.807, 2.05) is 0 Å². The smallest absolute Gasteiger partial charge is 0.469 e. The molecule has 0 fully saturated rings. The van der Waals surface area contributed by atoms with Crippen LogP contribution in [0.4, 0.5) is 0 Å². The Kier molecular flexibility index (Phi) is 5.08. The lowest BCUT2D eigenvalue weighted by atomic mass is 10.5. The van der Waals surface area contributed by atoms with Crippen molar-refractivity contribution in [2.75, 3.05) is 20.4 Å². The first-order chi connectivity index (χ1) is 4.66. The van der Waals surface area contributed by atoms with Gasteiger partial charge in [-0.2, -0.15) is 0 Å². The summed E-state index contributed by atoms with van der Waals surface area (Å²) in [6, 6.07) is 0. The van der Waals surface area contributed by atoms with E-state index in [1.165, 1.54) is 13.8 Å². The van der Waals surface area contributed by atoms with Crippen LogP contribution in [0.25, 0.3) is 0 Å². The standard InChI is InChI=1S/C5H10O4P/c1-8-5(6)3-4-9-10(2)7/h3-4H2,1-2H3/q+1. The van der Waals surface area contributed by atoms with Crippen LogP contribution in [0, 0.1) is 0 Å². The summed E-state index contributed by atoms with van der Waals surface area (Å²) in [5.41, 5.74) is 0. The number of hydrogen-bond acceptors (Lipinski definition) is 4. The van der Waals surface area contributed by atoms with Crippen LogP contribution in [-0.2, 0) is 18.6 Å². The molecule has 0 spiro atoms. The summed E-state index contributed by atoms with van der Waals surface area (Å²) in [6.07, 6.45) is 0.158. The van der Waals surface area contributed by atoms with Gasteiger partial charge in [0.05, 0.1) is 13.5 Å². The zero-order valence-corrected chi connectivity index (χ0v) is 6.89. The average molecular weight is 165 g/mol. The third-order valence-electron chi connectivity index (χ3n) is 0.807. The molecule has 4 nitrogen and oxygen atoms in total. The Bertz CT molecular complexity index is 134. The van der Waals surface area contributed by atoms with Crippen molar-refractivity contribution in [2.45, 2.75) is 6.42 Å². The van der Waals surface area contributed by atoms with Gasteiger partial charge in [-0.3, -0.25) is 4.79 Å². The van der Waals surface area contributed by atoms with Crippen LogP contribution >= 0.6 is 8.03 Å². The SMILES string of the molecule is COC(=O)CCO[P+](C)=O. The number of rotatable bonds is 4. The van der Waals surface area contributed by atoms with E-state index in [-0.39, 0.29) is 19.0 Å². The number of hydrogen-bond donors (Lipinski definition) is 0. The third kappa shape index (κ3) is 5.66. The Hall–Kier alpha value is -0.470. The van der Waals surface area contributed by atoms with Gasteiger partial charge in [-0.15, -0.1) is 4.52 Å². The third-order valence-corrected chi connectivity index (χ3v) is 1.35. The van der Waals surface area contributed by atoms with Crippen LogP contribution in [0.5, 0.6) is 0 Å². The van der Waals surface area contributed by atoms with Crippen molar-refractivity contribution < 1.29 is 18.6 Å². The predicted molar refractivity (Wildman–Crippen MR) is 36.1 cm³/mol. The highest BCUT2D eigenvalue weighted by Crippen LogP contribution is 2.14. The summed E-state index contributed by atoms with van der Waals surface area (Å²) < 4.78 is 19.2. The second-order valence-electron chi connectivity index (χ2n) is 1.60. The van der Waals surface area contributed by atoms with Crippen molar-refractivity contribution in [3.63, 3.8) is 0 Å². The van der Waals surface area contributed by atoms with Crippen LogP contribution < -0.4 is 0 Å². The maximum absolute atomic E-state index is 10.4. The van der Waals surface area contributed by atoms with Crippen molar-refractivity contribution in [1.82, 2.24) is 0 Å². The Morgan fingerprint density at radius 2 is 2.20 bits per heavy atom. The molecule has 5 heteroatoms. The molecule has 0 saturated heterocycles. The highest BCUT2D eigenvalue weighted by molar-refractivity contribution is 7.38. The largest absolute Gasteiger partial charge is 0.504 e. The van der Waals surface area contributed by atoms with Crippen molar-refractivity contribution in [3.8, 4) is 0 Å². The fourth-order valence-corrected chi connectivity index (χ4v) is 0.708. The van der Waals surface area contributed by atoms with Crippen molar-refractivity contribution in [3.05, 3.63) is 0 Å². The molecule has 0 aliphatic carbocycles. The van der Waals surface area contributed by atoms with E-state index in [9.17, 15) is 9.36 Å². The van der Waals surface area contributed by atoms with Gasteiger partial charge in [0.2, 0.25) is 0 Å². The van der Waals surface area contributed by atoms with E-state index < -0.39 is 8.03 Å². The Morgan fingerprint density at radius 1 is 1.60 bits per heavy atom. The van der Waals surface area contributed by atoms with E-state index >= 15 is 0 Å². The molecule has 0 bridgehead atoms. The number of carbonyl (C=O) groups excluding carboxylic acids is 1. The Balaban J connectivity index is 3.20. The van der Waals surface area contributed by atoms with Crippen molar-refractivity contribution >= 4 is 14.0 Å². The van der Waals surface area contributed by atoms with Gasteiger partial charge in [-0.25, -0.2) is 0 Å². The molecule has 0 saturated carbocycles. The molecule has 10 heavy (non-hydrogen) atoms. The molecular weight excluding hydrogens is 155 g/mol. The number of esters is 1. The lowest BCUT2D eigenvalue weighted by molar-refractivity contribution is -0.141. The van der Waals surface area contributed by atoms with Gasteiger partial charge < -0.3 is 4.74 Å². The highest BCUT2D eigenvalue weighted by atomic mass is 31.1. The van der Waals surface area contributed by atoms with Crippen LogP contribution in [0.1, 0.15) is 6.42 Å². The molecule has 0 aromatic heterocycles.